The summed E-state index contributed by atoms with van der Waals surface area (Å²) in [4.78, 5) is 0. The van der Waals surface area contributed by atoms with Crippen LogP contribution < -0.4 is 24.8 Å². The van der Waals surface area contributed by atoms with Crippen LogP contribution in [0.1, 0.15) is 13.3 Å². The van der Waals surface area contributed by atoms with E-state index in [0.717, 1.165) is 0 Å². The van der Waals surface area contributed by atoms with Gasteiger partial charge in [0.1, 0.15) is 0 Å². The fourth-order valence-electron chi connectivity index (χ4n) is 1.20. The van der Waals surface area contributed by atoms with Crippen molar-refractivity contribution in [2.45, 2.75) is 13.3 Å². The summed E-state index contributed by atoms with van der Waals surface area (Å²) >= 11 is 0. The Labute approximate surface area is 112 Å². The Bertz CT molecular complexity index is 290. The summed E-state index contributed by atoms with van der Waals surface area (Å²) in [6.45, 7) is 2.21. The molecule has 2 aliphatic rings. The molecule has 0 aromatic carbocycles. The Morgan fingerprint density at radius 3 is 2.54 bits per heavy atom. The molecular weight excluding hydrogens is 301 g/mol. The van der Waals surface area contributed by atoms with Gasteiger partial charge in [0, 0.05) is 5.31 Å². The molecule has 0 unspecified atom stereocenters. The third kappa shape index (κ3) is 3.48. The van der Waals surface area contributed by atoms with Gasteiger partial charge in [0.2, 0.25) is 0 Å². The quantitative estimate of drug-likeness (QED) is 0.451. The fourth-order valence-corrected chi connectivity index (χ4v) is 2.30. The van der Waals surface area contributed by atoms with Crippen LogP contribution >= 0.6 is 8.20 Å². The van der Waals surface area contributed by atoms with Gasteiger partial charge >= 0.3 is 26.2 Å². The van der Waals surface area contributed by atoms with Crippen molar-refractivity contribution in [1.82, 2.24) is 0 Å². The van der Waals surface area contributed by atoms with Gasteiger partial charge in [-0.1, -0.05) is 27.3 Å². The van der Waals surface area contributed by atoms with Crippen LogP contribution in [0.5, 0.6) is 0 Å². The van der Waals surface area contributed by atoms with Crippen LogP contribution in [0.4, 0.5) is 0 Å². The maximum atomic E-state index is 2.30. The molecule has 1 aliphatic heterocycles. The molecule has 0 saturated heterocycles. The molecule has 68 valence electrons. The van der Waals surface area contributed by atoms with E-state index in [1.54, 1.807) is 5.29 Å². The Kier molecular flexibility index (Phi) is 9.00. The van der Waals surface area contributed by atoms with Gasteiger partial charge in [-0.05, 0) is 29.4 Å². The maximum Gasteiger partial charge on any atom is 2.00 e. The van der Waals surface area contributed by atoms with Crippen molar-refractivity contribution in [3.63, 3.8) is 0 Å². The number of halogens is 2. The third-order valence-corrected chi connectivity index (χ3v) is 3.15. The molecule has 4 heteroatoms. The first-order valence-electron chi connectivity index (χ1n) is 3.58. The SMILES string of the molecule is CCC1=PC2=CC=CC2=C1.[Cl-].[Cl-].[Zr+2]. The van der Waals surface area contributed by atoms with Crippen LogP contribution in [-0.4, -0.2) is 5.29 Å². The zero-order chi connectivity index (χ0) is 6.97. The monoisotopic (exact) mass is 308 g/mol. The molecule has 0 aromatic rings. The zero-order valence-corrected chi connectivity index (χ0v) is 12.1. The fraction of sp³-hybridized carbons (Fsp3) is 0.222. The summed E-state index contributed by atoms with van der Waals surface area (Å²) in [5.41, 5.74) is 1.43. The number of hydrogen-bond acceptors (Lipinski definition) is 0. The van der Waals surface area contributed by atoms with E-state index in [4.69, 9.17) is 0 Å². The molecular formula is C9H9Cl2PZr. The molecule has 0 radical (unpaired) electrons. The average molecular weight is 310 g/mol. The van der Waals surface area contributed by atoms with E-state index in [1.807, 2.05) is 0 Å². The van der Waals surface area contributed by atoms with Gasteiger partial charge in [0.05, 0.1) is 0 Å². The number of fused-ring (bicyclic) bond motifs is 1. The molecule has 1 aliphatic carbocycles. The van der Waals surface area contributed by atoms with E-state index in [9.17, 15) is 0 Å². The first kappa shape index (κ1) is 16.3. The molecule has 2 rings (SSSR count). The van der Waals surface area contributed by atoms with Crippen LogP contribution in [0, 0.1) is 0 Å². The topological polar surface area (TPSA) is 0 Å². The van der Waals surface area contributed by atoms with Crippen molar-refractivity contribution in [3.05, 3.63) is 35.2 Å². The van der Waals surface area contributed by atoms with E-state index < -0.39 is 0 Å². The molecule has 0 atom stereocenters. The minimum atomic E-state index is 0. The largest absolute Gasteiger partial charge is 2.00 e. The standard InChI is InChI=1S/C9H9P.2ClH.Zr/c1-2-8-6-7-4-3-5-9(7)10-8;;;/h3-6H,2H2,1H3;2*1H;/q;;;+2/p-2. The van der Waals surface area contributed by atoms with E-state index in [2.05, 4.69) is 31.2 Å². The smallest absolute Gasteiger partial charge is 1.00 e. The Morgan fingerprint density at radius 2 is 2.00 bits per heavy atom. The van der Waals surface area contributed by atoms with Gasteiger partial charge in [-0.2, -0.15) is 0 Å². The van der Waals surface area contributed by atoms with Crippen LogP contribution in [0.25, 0.3) is 0 Å². The van der Waals surface area contributed by atoms with E-state index in [-0.39, 0.29) is 51.0 Å². The van der Waals surface area contributed by atoms with Crippen molar-refractivity contribution in [1.29, 1.82) is 0 Å². The third-order valence-electron chi connectivity index (χ3n) is 1.77. The van der Waals surface area contributed by atoms with Gasteiger partial charge in [-0.15, -0.1) is 0 Å². The minimum Gasteiger partial charge on any atom is -1.00 e. The summed E-state index contributed by atoms with van der Waals surface area (Å²) in [7, 11) is 1.43. The van der Waals surface area contributed by atoms with Crippen molar-refractivity contribution in [2.24, 2.45) is 0 Å². The van der Waals surface area contributed by atoms with Crippen LogP contribution in [0.15, 0.2) is 35.2 Å². The second-order valence-corrected chi connectivity index (χ2v) is 3.75. The van der Waals surface area contributed by atoms with Crippen LogP contribution in [0.2, 0.25) is 0 Å². The van der Waals surface area contributed by atoms with Crippen LogP contribution in [-0.2, 0) is 26.2 Å². The van der Waals surface area contributed by atoms with Gasteiger partial charge in [0.25, 0.3) is 0 Å². The van der Waals surface area contributed by atoms with Crippen molar-refractivity contribution in [2.75, 3.05) is 0 Å². The summed E-state index contributed by atoms with van der Waals surface area (Å²) in [6.07, 6.45) is 10.0. The Morgan fingerprint density at radius 1 is 1.31 bits per heavy atom. The van der Waals surface area contributed by atoms with E-state index >= 15 is 0 Å². The zero-order valence-electron chi connectivity index (χ0n) is 7.22. The second-order valence-electron chi connectivity index (χ2n) is 2.47. The summed E-state index contributed by atoms with van der Waals surface area (Å²) in [5, 5.41) is 3.03. The van der Waals surface area contributed by atoms with Gasteiger partial charge in [-0.3, -0.25) is 0 Å². The first-order chi connectivity index (χ1) is 4.90. The summed E-state index contributed by atoms with van der Waals surface area (Å²) < 4.78 is 0. The molecule has 0 saturated carbocycles. The van der Waals surface area contributed by atoms with Crippen LogP contribution in [0.3, 0.4) is 0 Å². The summed E-state index contributed by atoms with van der Waals surface area (Å²) in [5.74, 6) is 0. The molecule has 1 heterocycles. The average Bonchev–Trinajstić information content (AvgIpc) is 2.42. The van der Waals surface area contributed by atoms with Gasteiger partial charge in [0.15, 0.2) is 0 Å². The molecule has 0 N–H and O–H groups in total. The molecule has 0 amide bonds. The molecule has 13 heavy (non-hydrogen) atoms. The Hall–Kier alpha value is 0.853. The molecule has 0 spiro atoms. The van der Waals surface area contributed by atoms with E-state index in [0.29, 0.717) is 0 Å². The number of allylic oxidation sites excluding steroid dienone is 6. The normalized spacial score (nSPS) is 16.8. The van der Waals surface area contributed by atoms with Gasteiger partial charge in [-0.25, -0.2) is 0 Å². The van der Waals surface area contributed by atoms with E-state index in [1.165, 1.54) is 25.5 Å². The second kappa shape index (κ2) is 7.19. The first-order valence-corrected chi connectivity index (χ1v) is 4.47. The number of hydrogen-bond donors (Lipinski definition) is 0. The minimum absolute atomic E-state index is 0. The predicted molar refractivity (Wildman–Crippen MR) is 47.5 cm³/mol. The number of rotatable bonds is 1. The van der Waals surface area contributed by atoms with Crippen molar-refractivity contribution < 1.29 is 51.0 Å². The predicted octanol–water partition coefficient (Wildman–Crippen LogP) is -3.09. The van der Waals surface area contributed by atoms with Gasteiger partial charge < -0.3 is 24.8 Å². The molecule has 0 fully saturated rings. The maximum absolute atomic E-state index is 2.30. The Balaban J connectivity index is 0. The van der Waals surface area contributed by atoms with Crippen molar-refractivity contribution >= 4 is 13.5 Å². The van der Waals surface area contributed by atoms with Crippen molar-refractivity contribution in [3.8, 4) is 0 Å². The molecule has 0 aromatic heterocycles. The summed E-state index contributed by atoms with van der Waals surface area (Å²) in [6, 6.07) is 0. The molecule has 0 nitrogen and oxygen atoms in total. The molecule has 0 bridgehead atoms.